The van der Waals surface area contributed by atoms with Crippen LogP contribution in [-0.2, 0) is 9.53 Å². The molecule has 23 heavy (non-hydrogen) atoms. The summed E-state index contributed by atoms with van der Waals surface area (Å²) in [6.07, 6.45) is 1.41. The van der Waals surface area contributed by atoms with E-state index in [1.807, 2.05) is 20.8 Å². The third-order valence-corrected chi connectivity index (χ3v) is 4.38. The van der Waals surface area contributed by atoms with Crippen molar-refractivity contribution in [1.82, 2.24) is 10.2 Å². The maximum atomic E-state index is 12.0. The van der Waals surface area contributed by atoms with Gasteiger partial charge in [-0.2, -0.15) is 0 Å². The summed E-state index contributed by atoms with van der Waals surface area (Å²) in [5.41, 5.74) is -0.540. The molecule has 2 heterocycles. The Labute approximate surface area is 135 Å². The summed E-state index contributed by atoms with van der Waals surface area (Å²) < 4.78 is 5.34. The number of rotatable bonds is 2. The lowest BCUT2D eigenvalue weighted by Gasteiger charge is -2.38. The van der Waals surface area contributed by atoms with Crippen LogP contribution in [0.5, 0.6) is 0 Å². The minimum Gasteiger partial charge on any atom is -0.444 e. The van der Waals surface area contributed by atoms with E-state index in [-0.39, 0.29) is 35.7 Å². The van der Waals surface area contributed by atoms with Gasteiger partial charge in [-0.05, 0) is 39.5 Å². The van der Waals surface area contributed by atoms with Crippen LogP contribution in [0.2, 0.25) is 0 Å². The van der Waals surface area contributed by atoms with Gasteiger partial charge in [0, 0.05) is 30.9 Å². The number of nitro groups is 1. The molecule has 2 atom stereocenters. The molecular weight excluding hydrogens is 302 g/mol. The molecule has 2 rings (SSSR count). The predicted molar refractivity (Wildman–Crippen MR) is 82.5 cm³/mol. The number of nitrogens with one attached hydrogen (secondary N) is 1. The van der Waals surface area contributed by atoms with Crippen LogP contribution in [0.4, 0.5) is 4.79 Å². The number of piperidine rings is 2. The van der Waals surface area contributed by atoms with Gasteiger partial charge in [-0.1, -0.05) is 0 Å². The van der Waals surface area contributed by atoms with Crippen molar-refractivity contribution in [3.63, 3.8) is 0 Å². The molecule has 8 nitrogen and oxygen atoms in total. The first-order valence-corrected chi connectivity index (χ1v) is 8.08. The van der Waals surface area contributed by atoms with Crippen molar-refractivity contribution in [2.24, 2.45) is 5.92 Å². The zero-order chi connectivity index (χ0) is 17.2. The Balaban J connectivity index is 1.93. The molecule has 1 N–H and O–H groups in total. The van der Waals surface area contributed by atoms with E-state index in [0.29, 0.717) is 25.9 Å². The molecule has 0 radical (unpaired) electrons. The highest BCUT2D eigenvalue weighted by atomic mass is 16.6. The first-order valence-electron chi connectivity index (χ1n) is 8.08. The molecule has 2 unspecified atom stereocenters. The molecule has 2 saturated heterocycles. The Morgan fingerprint density at radius 3 is 2.43 bits per heavy atom. The van der Waals surface area contributed by atoms with Crippen molar-refractivity contribution < 1.29 is 19.2 Å². The summed E-state index contributed by atoms with van der Waals surface area (Å²) >= 11 is 0. The smallest absolute Gasteiger partial charge is 0.410 e. The molecular formula is C15H25N3O5. The van der Waals surface area contributed by atoms with Gasteiger partial charge in [0.25, 0.3) is 0 Å². The maximum Gasteiger partial charge on any atom is 0.410 e. The summed E-state index contributed by atoms with van der Waals surface area (Å²) in [4.78, 5) is 36.2. The second kappa shape index (κ2) is 6.72. The topological polar surface area (TPSA) is 102 Å². The minimum atomic E-state index is -0.731. The minimum absolute atomic E-state index is 0.0216. The molecule has 130 valence electrons. The van der Waals surface area contributed by atoms with E-state index in [0.717, 1.165) is 0 Å². The highest BCUT2D eigenvalue weighted by molar-refractivity contribution is 5.77. The fraction of sp³-hybridized carbons (Fsp3) is 0.867. The number of carbonyl (C=O) groups excluding carboxylic acids is 2. The van der Waals surface area contributed by atoms with E-state index >= 15 is 0 Å². The summed E-state index contributed by atoms with van der Waals surface area (Å²) in [5, 5.41) is 14.0. The molecule has 2 aliphatic rings. The number of nitrogens with zero attached hydrogens (tertiary/aromatic N) is 2. The van der Waals surface area contributed by atoms with E-state index in [4.69, 9.17) is 4.74 Å². The van der Waals surface area contributed by atoms with E-state index in [9.17, 15) is 19.7 Å². The average molecular weight is 327 g/mol. The quantitative estimate of drug-likeness (QED) is 0.612. The largest absolute Gasteiger partial charge is 0.444 e. The number of hydrogen-bond acceptors (Lipinski definition) is 5. The fourth-order valence-corrected chi connectivity index (χ4v) is 3.25. The molecule has 0 saturated carbocycles. The van der Waals surface area contributed by atoms with Crippen molar-refractivity contribution in [2.75, 3.05) is 13.1 Å². The molecule has 0 aromatic rings. The highest BCUT2D eigenvalue weighted by Gasteiger charge is 2.43. The number of ether oxygens (including phenoxy) is 1. The fourth-order valence-electron chi connectivity index (χ4n) is 3.25. The first kappa shape index (κ1) is 17.5. The molecule has 0 aliphatic carbocycles. The predicted octanol–water partition coefficient (Wildman–Crippen LogP) is 1.56. The van der Waals surface area contributed by atoms with Crippen molar-refractivity contribution in [3.8, 4) is 0 Å². The summed E-state index contributed by atoms with van der Waals surface area (Å²) in [6, 6.07) is -1.17. The van der Waals surface area contributed by atoms with Crippen LogP contribution in [0, 0.1) is 16.0 Å². The van der Waals surface area contributed by atoms with Crippen LogP contribution >= 0.6 is 0 Å². The van der Waals surface area contributed by atoms with Crippen LogP contribution in [0.15, 0.2) is 0 Å². The third-order valence-electron chi connectivity index (χ3n) is 4.38. The van der Waals surface area contributed by atoms with Crippen LogP contribution in [-0.4, -0.2) is 52.6 Å². The summed E-state index contributed by atoms with van der Waals surface area (Å²) in [6.45, 7) is 6.44. The lowest BCUT2D eigenvalue weighted by Crippen LogP contribution is -2.57. The molecule has 0 aromatic carbocycles. The van der Waals surface area contributed by atoms with Crippen molar-refractivity contribution in [2.45, 2.75) is 64.1 Å². The van der Waals surface area contributed by atoms with Gasteiger partial charge in [-0.15, -0.1) is 0 Å². The van der Waals surface area contributed by atoms with Gasteiger partial charge in [0.15, 0.2) is 0 Å². The van der Waals surface area contributed by atoms with Gasteiger partial charge < -0.3 is 15.0 Å². The monoisotopic (exact) mass is 327 g/mol. The first-order chi connectivity index (χ1) is 10.7. The molecule has 0 aromatic heterocycles. The lowest BCUT2D eigenvalue weighted by molar-refractivity contribution is -0.530. The summed E-state index contributed by atoms with van der Waals surface area (Å²) in [5.74, 6) is -0.101. The molecule has 0 bridgehead atoms. The number of carbonyl (C=O) groups is 2. The maximum absolute atomic E-state index is 12.0. The van der Waals surface area contributed by atoms with Gasteiger partial charge in [-0.25, -0.2) is 4.79 Å². The standard InChI is InChI=1S/C15H25N3O5/c1-15(2,3)23-14(20)17-8-6-10(7-9-17)13-11(18(21)22)4-5-12(19)16-13/h10-11,13H,4-9H2,1-3H3,(H,16,19). The van der Waals surface area contributed by atoms with Crippen molar-refractivity contribution in [3.05, 3.63) is 10.1 Å². The van der Waals surface area contributed by atoms with Gasteiger partial charge >= 0.3 is 6.09 Å². The van der Waals surface area contributed by atoms with E-state index in [1.54, 1.807) is 4.90 Å². The zero-order valence-electron chi connectivity index (χ0n) is 13.9. The normalized spacial score (nSPS) is 26.6. The van der Waals surface area contributed by atoms with Gasteiger partial charge in [0.05, 0.1) is 6.04 Å². The molecule has 8 heteroatoms. The number of hydrogen-bond donors (Lipinski definition) is 1. The Hall–Kier alpha value is -1.86. The van der Waals surface area contributed by atoms with E-state index in [1.165, 1.54) is 0 Å². The van der Waals surface area contributed by atoms with Gasteiger partial charge in [-0.3, -0.25) is 14.9 Å². The van der Waals surface area contributed by atoms with Gasteiger partial charge in [0.1, 0.15) is 5.60 Å². The Kier molecular flexibility index (Phi) is 5.11. The molecule has 2 amide bonds. The third kappa shape index (κ3) is 4.56. The van der Waals surface area contributed by atoms with Crippen LogP contribution in [0.1, 0.15) is 46.5 Å². The number of amides is 2. The second-order valence-electron chi connectivity index (χ2n) is 7.29. The Bertz CT molecular complexity index is 480. The molecule has 0 spiro atoms. The SMILES string of the molecule is CC(C)(C)OC(=O)N1CCC(C2NC(=O)CCC2[N+](=O)[O-])CC1. The van der Waals surface area contributed by atoms with Crippen LogP contribution in [0.3, 0.4) is 0 Å². The lowest BCUT2D eigenvalue weighted by atomic mass is 9.82. The highest BCUT2D eigenvalue weighted by Crippen LogP contribution is 2.28. The van der Waals surface area contributed by atoms with E-state index < -0.39 is 17.7 Å². The van der Waals surface area contributed by atoms with Crippen LogP contribution in [0.25, 0.3) is 0 Å². The van der Waals surface area contributed by atoms with Crippen LogP contribution < -0.4 is 5.32 Å². The second-order valence-corrected chi connectivity index (χ2v) is 7.29. The number of likely N-dealkylation sites (tertiary alicyclic amines) is 1. The summed E-state index contributed by atoms with van der Waals surface area (Å²) in [7, 11) is 0. The van der Waals surface area contributed by atoms with E-state index in [2.05, 4.69) is 5.32 Å². The van der Waals surface area contributed by atoms with Crippen molar-refractivity contribution in [1.29, 1.82) is 0 Å². The van der Waals surface area contributed by atoms with Crippen molar-refractivity contribution >= 4 is 12.0 Å². The molecule has 2 fully saturated rings. The average Bonchev–Trinajstić information content (AvgIpc) is 2.45. The zero-order valence-corrected chi connectivity index (χ0v) is 13.9. The van der Waals surface area contributed by atoms with Gasteiger partial charge in [0.2, 0.25) is 11.9 Å². The Morgan fingerprint density at radius 2 is 1.91 bits per heavy atom. The Morgan fingerprint density at radius 1 is 1.30 bits per heavy atom. The molecule has 2 aliphatic heterocycles.